The van der Waals surface area contributed by atoms with Crippen molar-refractivity contribution in [3.8, 4) is 11.5 Å². The maximum absolute atomic E-state index is 12.8. The van der Waals surface area contributed by atoms with Crippen molar-refractivity contribution in [2.75, 3.05) is 13.7 Å². The third-order valence-corrected chi connectivity index (χ3v) is 7.19. The Morgan fingerprint density at radius 3 is 2.64 bits per heavy atom. The highest BCUT2D eigenvalue weighted by atomic mass is 32.1. The predicted molar refractivity (Wildman–Crippen MR) is 132 cm³/mol. The zero-order chi connectivity index (χ0) is 23.4. The van der Waals surface area contributed by atoms with Crippen LogP contribution in [0.2, 0.25) is 0 Å². The molecule has 0 radical (unpaired) electrons. The second-order valence-electron chi connectivity index (χ2n) is 8.38. The fourth-order valence-corrected chi connectivity index (χ4v) is 5.31. The lowest BCUT2D eigenvalue weighted by molar-refractivity contribution is -0.139. The number of nitrogens with zero attached hydrogens (tertiary/aromatic N) is 4. The van der Waals surface area contributed by atoms with E-state index in [0.717, 1.165) is 35.1 Å². The number of fused-ring (bicyclic) bond motifs is 1. The maximum atomic E-state index is 12.8. The molecule has 8 heteroatoms. The van der Waals surface area contributed by atoms with Gasteiger partial charge in [0.1, 0.15) is 0 Å². The van der Waals surface area contributed by atoms with Gasteiger partial charge in [-0.15, -0.1) is 5.10 Å². The first-order valence-corrected chi connectivity index (χ1v) is 12.0. The fourth-order valence-electron chi connectivity index (χ4n) is 4.33. The molecular formula is C25H30N4O3S. The van der Waals surface area contributed by atoms with E-state index in [9.17, 15) is 4.79 Å². The van der Waals surface area contributed by atoms with Gasteiger partial charge < -0.3 is 18.9 Å². The summed E-state index contributed by atoms with van der Waals surface area (Å²) in [6.07, 6.45) is 4.92. The number of hydrogen-bond donors (Lipinski definition) is 0. The Hall–Kier alpha value is -3.13. The Morgan fingerprint density at radius 2 is 1.91 bits per heavy atom. The zero-order valence-corrected chi connectivity index (χ0v) is 20.3. The molecule has 1 aliphatic rings. The first kappa shape index (κ1) is 23.0. The molecule has 2 unspecified atom stereocenters. The smallest absolute Gasteiger partial charge is 0.260 e. The number of methoxy groups -OCH3 is 1. The van der Waals surface area contributed by atoms with Crippen LogP contribution in [0.1, 0.15) is 38.7 Å². The van der Waals surface area contributed by atoms with Gasteiger partial charge in [0.2, 0.25) is 4.80 Å². The van der Waals surface area contributed by atoms with Crippen molar-refractivity contribution in [1.29, 1.82) is 0 Å². The van der Waals surface area contributed by atoms with Gasteiger partial charge >= 0.3 is 0 Å². The zero-order valence-electron chi connectivity index (χ0n) is 19.5. The van der Waals surface area contributed by atoms with Gasteiger partial charge in [0, 0.05) is 19.1 Å². The van der Waals surface area contributed by atoms with Crippen LogP contribution in [-0.2, 0) is 11.8 Å². The number of amides is 1. The number of likely N-dealkylation sites (tertiary alicyclic amines) is 1. The largest absolute Gasteiger partial charge is 0.493 e. The highest BCUT2D eigenvalue weighted by Crippen LogP contribution is 2.28. The summed E-state index contributed by atoms with van der Waals surface area (Å²) in [6, 6.07) is 14.2. The van der Waals surface area contributed by atoms with Crippen molar-refractivity contribution < 1.29 is 14.3 Å². The number of para-hydroxylation sites is 1. The second kappa shape index (κ2) is 10.2. The predicted octanol–water partition coefficient (Wildman–Crippen LogP) is 4.35. The second-order valence-corrected chi connectivity index (χ2v) is 9.39. The van der Waals surface area contributed by atoms with E-state index in [0.29, 0.717) is 11.5 Å². The van der Waals surface area contributed by atoms with E-state index in [2.05, 4.69) is 36.2 Å². The molecule has 4 rings (SSSR count). The molecule has 3 aromatic rings. The number of piperidine rings is 1. The Kier molecular flexibility index (Phi) is 7.13. The number of ether oxygens (including phenoxy) is 2. The van der Waals surface area contributed by atoms with Crippen LogP contribution in [0.15, 0.2) is 52.7 Å². The minimum atomic E-state index is -0.00372. The monoisotopic (exact) mass is 466 g/mol. The van der Waals surface area contributed by atoms with Crippen molar-refractivity contribution in [3.63, 3.8) is 0 Å². The van der Waals surface area contributed by atoms with E-state index in [1.54, 1.807) is 30.7 Å². The summed E-state index contributed by atoms with van der Waals surface area (Å²) in [5.41, 5.74) is 1.96. The standard InChI is InChI=1S/C25H30N4O3S/c1-17-8-7-9-18(2)29(17)24(30)16-32-21-13-12-19(14-22(21)31-4)15-26-27-25-28(3)20-10-5-6-11-23(20)33-25/h5-6,10-15,17-18H,7-9,16H2,1-4H3/b26-15+,27-25+. The van der Waals surface area contributed by atoms with Crippen molar-refractivity contribution in [2.24, 2.45) is 17.3 Å². The molecule has 1 saturated heterocycles. The summed E-state index contributed by atoms with van der Waals surface area (Å²) in [6.45, 7) is 4.20. The molecule has 2 heterocycles. The summed E-state index contributed by atoms with van der Waals surface area (Å²) < 4.78 is 14.5. The quantitative estimate of drug-likeness (QED) is 0.401. The first-order chi connectivity index (χ1) is 16.0. The molecule has 1 fully saturated rings. The van der Waals surface area contributed by atoms with Crippen LogP contribution in [0.25, 0.3) is 10.2 Å². The molecule has 0 N–H and O–H groups in total. The van der Waals surface area contributed by atoms with Crippen LogP contribution in [-0.4, -0.2) is 47.4 Å². The molecule has 33 heavy (non-hydrogen) atoms. The Balaban J connectivity index is 1.45. The third kappa shape index (κ3) is 5.11. The molecule has 0 aliphatic carbocycles. The fraction of sp³-hybridized carbons (Fsp3) is 0.400. The van der Waals surface area contributed by atoms with Crippen molar-refractivity contribution in [1.82, 2.24) is 9.47 Å². The van der Waals surface area contributed by atoms with E-state index < -0.39 is 0 Å². The van der Waals surface area contributed by atoms with Gasteiger partial charge in [0.25, 0.3) is 5.91 Å². The lowest BCUT2D eigenvalue weighted by atomic mass is 9.97. The average molecular weight is 467 g/mol. The number of carbonyl (C=O) groups is 1. The van der Waals surface area contributed by atoms with Gasteiger partial charge in [-0.25, -0.2) is 0 Å². The number of carbonyl (C=O) groups excluding carboxylic acids is 1. The van der Waals surface area contributed by atoms with Gasteiger partial charge in [-0.1, -0.05) is 23.5 Å². The van der Waals surface area contributed by atoms with Crippen molar-refractivity contribution in [2.45, 2.75) is 45.2 Å². The molecule has 1 amide bonds. The maximum Gasteiger partial charge on any atom is 0.260 e. The van der Waals surface area contributed by atoms with Gasteiger partial charge in [-0.05, 0) is 69.0 Å². The van der Waals surface area contributed by atoms with Gasteiger partial charge in [-0.3, -0.25) is 4.79 Å². The van der Waals surface area contributed by atoms with E-state index in [1.807, 2.05) is 40.8 Å². The number of thiazole rings is 1. The normalized spacial score (nSPS) is 19.4. The molecule has 1 aliphatic heterocycles. The van der Waals surface area contributed by atoms with E-state index in [4.69, 9.17) is 9.47 Å². The van der Waals surface area contributed by atoms with Gasteiger partial charge in [0.15, 0.2) is 18.1 Å². The SMILES string of the molecule is COc1cc(/C=N/N=c2/sc3ccccc3n2C)ccc1OCC(=O)N1C(C)CCCC1C. The molecule has 2 atom stereocenters. The molecule has 1 aromatic heterocycles. The Morgan fingerprint density at radius 1 is 1.15 bits per heavy atom. The number of benzene rings is 2. The van der Waals surface area contributed by atoms with Crippen LogP contribution in [0.5, 0.6) is 11.5 Å². The molecular weight excluding hydrogens is 436 g/mol. The highest BCUT2D eigenvalue weighted by molar-refractivity contribution is 7.16. The van der Waals surface area contributed by atoms with E-state index >= 15 is 0 Å². The van der Waals surface area contributed by atoms with E-state index in [1.165, 1.54) is 4.70 Å². The van der Waals surface area contributed by atoms with Crippen LogP contribution < -0.4 is 14.3 Å². The molecule has 0 saturated carbocycles. The van der Waals surface area contributed by atoms with Crippen LogP contribution >= 0.6 is 11.3 Å². The molecule has 0 bridgehead atoms. The van der Waals surface area contributed by atoms with Crippen molar-refractivity contribution >= 4 is 33.7 Å². The minimum absolute atomic E-state index is 0.00372. The summed E-state index contributed by atoms with van der Waals surface area (Å²) in [7, 11) is 3.57. The molecule has 0 spiro atoms. The first-order valence-electron chi connectivity index (χ1n) is 11.2. The Labute approximate surface area is 198 Å². The van der Waals surface area contributed by atoms with Crippen LogP contribution in [0.4, 0.5) is 0 Å². The van der Waals surface area contributed by atoms with Crippen LogP contribution in [0.3, 0.4) is 0 Å². The number of aryl methyl sites for hydroxylation is 1. The Bertz CT molecular complexity index is 1220. The van der Waals surface area contributed by atoms with Gasteiger partial charge in [-0.2, -0.15) is 5.10 Å². The summed E-state index contributed by atoms with van der Waals surface area (Å²) in [4.78, 5) is 15.5. The van der Waals surface area contributed by atoms with Crippen molar-refractivity contribution in [3.05, 3.63) is 52.8 Å². The molecule has 174 valence electrons. The summed E-state index contributed by atoms with van der Waals surface area (Å²) >= 11 is 1.59. The number of hydrogen-bond acceptors (Lipinski definition) is 6. The van der Waals surface area contributed by atoms with Crippen LogP contribution in [0, 0.1) is 0 Å². The molecule has 7 nitrogen and oxygen atoms in total. The molecule has 2 aromatic carbocycles. The number of rotatable bonds is 6. The third-order valence-electron chi connectivity index (χ3n) is 6.09. The average Bonchev–Trinajstić information content (AvgIpc) is 3.13. The number of aromatic nitrogens is 1. The lowest BCUT2D eigenvalue weighted by Crippen LogP contribution is -2.49. The summed E-state index contributed by atoms with van der Waals surface area (Å²) in [5, 5.41) is 8.63. The highest BCUT2D eigenvalue weighted by Gasteiger charge is 2.29. The van der Waals surface area contributed by atoms with E-state index in [-0.39, 0.29) is 24.6 Å². The minimum Gasteiger partial charge on any atom is -0.493 e. The lowest BCUT2D eigenvalue weighted by Gasteiger charge is -2.39. The van der Waals surface area contributed by atoms with Gasteiger partial charge in [0.05, 0.1) is 23.5 Å². The topological polar surface area (TPSA) is 68.4 Å². The summed E-state index contributed by atoms with van der Waals surface area (Å²) in [5.74, 6) is 1.10.